The predicted molar refractivity (Wildman–Crippen MR) is 95.0 cm³/mol. The molecule has 5 heteroatoms. The summed E-state index contributed by atoms with van der Waals surface area (Å²) in [6.07, 6.45) is 3.00. The summed E-state index contributed by atoms with van der Waals surface area (Å²) in [5.41, 5.74) is 1.60. The largest absolute Gasteiger partial charge is 0.494 e. The Morgan fingerprint density at radius 1 is 1.00 bits per heavy atom. The highest BCUT2D eigenvalue weighted by atomic mass is 16.5. The van der Waals surface area contributed by atoms with Crippen LogP contribution in [0.1, 0.15) is 12.8 Å². The lowest BCUT2D eigenvalue weighted by Crippen LogP contribution is -2.22. The molecule has 0 unspecified atom stereocenters. The summed E-state index contributed by atoms with van der Waals surface area (Å²) in [5.74, 6) is 0.653. The van der Waals surface area contributed by atoms with Gasteiger partial charge in [-0.25, -0.2) is 0 Å². The summed E-state index contributed by atoms with van der Waals surface area (Å²) in [5, 5.41) is 11.1. The van der Waals surface area contributed by atoms with E-state index < -0.39 is 0 Å². The van der Waals surface area contributed by atoms with Crippen LogP contribution in [0.4, 0.5) is 11.4 Å². The van der Waals surface area contributed by atoms with Crippen molar-refractivity contribution in [3.8, 4) is 5.75 Å². The molecule has 0 aliphatic rings. The van der Waals surface area contributed by atoms with E-state index in [4.69, 9.17) is 4.74 Å². The molecule has 0 saturated carbocycles. The molecular weight excluding hydrogens is 302 g/mol. The maximum absolute atomic E-state index is 11.0. The fraction of sp³-hybridized carbons (Fsp3) is 0.211. The fourth-order valence-corrected chi connectivity index (χ4v) is 1.92. The normalized spacial score (nSPS) is 10.5. The number of rotatable bonds is 9. The summed E-state index contributed by atoms with van der Waals surface area (Å²) in [6, 6.07) is 17.1. The van der Waals surface area contributed by atoms with Gasteiger partial charge in [-0.1, -0.05) is 24.8 Å². The molecule has 124 valence electrons. The van der Waals surface area contributed by atoms with E-state index in [1.54, 1.807) is 0 Å². The van der Waals surface area contributed by atoms with E-state index in [0.717, 1.165) is 30.0 Å². The second-order valence-corrected chi connectivity index (χ2v) is 5.08. The van der Waals surface area contributed by atoms with Gasteiger partial charge in [-0.3, -0.25) is 4.79 Å². The minimum absolute atomic E-state index is 0.142. The smallest absolute Gasteiger partial charge is 0.243 e. The number of carbonyl (C=O) groups excluding carboxylic acids is 1. The Hall–Kier alpha value is -2.95. The number of nitrogens with zero attached hydrogens (tertiary/aromatic N) is 2. The zero-order valence-corrected chi connectivity index (χ0v) is 13.5. The topological polar surface area (TPSA) is 63.0 Å². The van der Waals surface area contributed by atoms with Crippen molar-refractivity contribution in [3.05, 3.63) is 67.3 Å². The highest BCUT2D eigenvalue weighted by Gasteiger charge is 1.97. The van der Waals surface area contributed by atoms with Crippen molar-refractivity contribution in [1.82, 2.24) is 5.32 Å². The second kappa shape index (κ2) is 9.94. The zero-order chi connectivity index (χ0) is 17.0. The van der Waals surface area contributed by atoms with Crippen LogP contribution in [-0.2, 0) is 4.79 Å². The van der Waals surface area contributed by atoms with Gasteiger partial charge >= 0.3 is 0 Å². The van der Waals surface area contributed by atoms with E-state index in [1.165, 1.54) is 6.08 Å². The van der Waals surface area contributed by atoms with E-state index in [2.05, 4.69) is 22.1 Å². The third kappa shape index (κ3) is 6.44. The Bertz CT molecular complexity index is 667. The first-order chi connectivity index (χ1) is 11.8. The lowest BCUT2D eigenvalue weighted by atomic mass is 10.3. The molecule has 5 nitrogen and oxygen atoms in total. The molecule has 0 aliphatic heterocycles. The van der Waals surface area contributed by atoms with Crippen LogP contribution in [0.2, 0.25) is 0 Å². The Morgan fingerprint density at radius 3 is 2.33 bits per heavy atom. The first-order valence-corrected chi connectivity index (χ1v) is 7.88. The van der Waals surface area contributed by atoms with Crippen LogP contribution >= 0.6 is 0 Å². The highest BCUT2D eigenvalue weighted by molar-refractivity contribution is 5.86. The molecule has 0 spiro atoms. The van der Waals surface area contributed by atoms with Gasteiger partial charge in [0.05, 0.1) is 18.0 Å². The molecule has 0 fully saturated rings. The second-order valence-electron chi connectivity index (χ2n) is 5.08. The van der Waals surface area contributed by atoms with Crippen LogP contribution < -0.4 is 10.1 Å². The van der Waals surface area contributed by atoms with Crippen molar-refractivity contribution in [2.75, 3.05) is 13.2 Å². The Balaban J connectivity index is 1.69. The number of azo groups is 1. The number of ether oxygens (including phenoxy) is 1. The van der Waals surface area contributed by atoms with Gasteiger partial charge in [0.2, 0.25) is 5.91 Å². The van der Waals surface area contributed by atoms with Crippen molar-refractivity contribution >= 4 is 17.3 Å². The molecule has 0 saturated heterocycles. The average Bonchev–Trinajstić information content (AvgIpc) is 2.64. The summed E-state index contributed by atoms with van der Waals surface area (Å²) in [4.78, 5) is 11.0. The van der Waals surface area contributed by atoms with Crippen LogP contribution in [0.3, 0.4) is 0 Å². The number of nitrogens with one attached hydrogen (secondary N) is 1. The van der Waals surface area contributed by atoms with Crippen molar-refractivity contribution in [1.29, 1.82) is 0 Å². The lowest BCUT2D eigenvalue weighted by molar-refractivity contribution is -0.116. The fourth-order valence-electron chi connectivity index (χ4n) is 1.92. The van der Waals surface area contributed by atoms with E-state index in [0.29, 0.717) is 13.2 Å². The number of unbranched alkanes of at least 4 members (excludes halogenated alkanes) is 1. The molecule has 2 rings (SSSR count). The predicted octanol–water partition coefficient (Wildman–Crippen LogP) is 4.56. The van der Waals surface area contributed by atoms with Crippen LogP contribution in [0, 0.1) is 0 Å². The van der Waals surface area contributed by atoms with Crippen molar-refractivity contribution < 1.29 is 9.53 Å². The molecular formula is C19H21N3O2. The van der Waals surface area contributed by atoms with Gasteiger partial charge in [0.25, 0.3) is 0 Å². The molecule has 24 heavy (non-hydrogen) atoms. The quantitative estimate of drug-likeness (QED) is 0.417. The first kappa shape index (κ1) is 17.4. The number of hydrogen-bond acceptors (Lipinski definition) is 4. The molecule has 1 amide bonds. The van der Waals surface area contributed by atoms with E-state index in [9.17, 15) is 4.79 Å². The van der Waals surface area contributed by atoms with Gasteiger partial charge in [0.15, 0.2) is 0 Å². The third-order valence-electron chi connectivity index (χ3n) is 3.20. The van der Waals surface area contributed by atoms with Gasteiger partial charge in [0.1, 0.15) is 5.75 Å². The van der Waals surface area contributed by atoms with Crippen molar-refractivity contribution in [2.24, 2.45) is 10.2 Å². The zero-order valence-electron chi connectivity index (χ0n) is 13.5. The van der Waals surface area contributed by atoms with Crippen LogP contribution in [-0.4, -0.2) is 19.1 Å². The van der Waals surface area contributed by atoms with Crippen molar-refractivity contribution in [2.45, 2.75) is 12.8 Å². The van der Waals surface area contributed by atoms with E-state index >= 15 is 0 Å². The van der Waals surface area contributed by atoms with E-state index in [1.807, 2.05) is 54.6 Å². The highest BCUT2D eigenvalue weighted by Crippen LogP contribution is 2.21. The molecule has 0 bridgehead atoms. The summed E-state index contributed by atoms with van der Waals surface area (Å²) in [6.45, 7) is 4.64. The molecule has 0 aromatic heterocycles. The maximum Gasteiger partial charge on any atom is 0.243 e. The molecule has 2 aromatic rings. The maximum atomic E-state index is 11.0. The number of carbonyl (C=O) groups is 1. The standard InChI is InChI=1S/C19H21N3O2/c1-2-19(23)20-14-6-7-15-24-18-12-10-17(11-13-18)22-21-16-8-4-3-5-9-16/h2-5,8-13H,1,6-7,14-15H2,(H,20,23)/b22-21+. The van der Waals surface area contributed by atoms with Crippen molar-refractivity contribution in [3.63, 3.8) is 0 Å². The molecule has 0 radical (unpaired) electrons. The van der Waals surface area contributed by atoms with Crippen LogP contribution in [0.25, 0.3) is 0 Å². The Morgan fingerprint density at radius 2 is 1.67 bits per heavy atom. The molecule has 0 atom stereocenters. The monoisotopic (exact) mass is 323 g/mol. The summed E-state index contributed by atoms with van der Waals surface area (Å²) >= 11 is 0. The van der Waals surface area contributed by atoms with Crippen LogP contribution in [0.15, 0.2) is 77.5 Å². The van der Waals surface area contributed by atoms with Gasteiger partial charge in [0, 0.05) is 6.54 Å². The summed E-state index contributed by atoms with van der Waals surface area (Å²) < 4.78 is 5.65. The van der Waals surface area contributed by atoms with Crippen LogP contribution in [0.5, 0.6) is 5.75 Å². The first-order valence-electron chi connectivity index (χ1n) is 7.88. The Kier molecular flexibility index (Phi) is 7.21. The molecule has 1 N–H and O–H groups in total. The Labute approximate surface area is 142 Å². The van der Waals surface area contributed by atoms with Gasteiger partial charge in [-0.2, -0.15) is 10.2 Å². The van der Waals surface area contributed by atoms with Gasteiger partial charge in [-0.15, -0.1) is 0 Å². The summed E-state index contributed by atoms with van der Waals surface area (Å²) in [7, 11) is 0. The SMILES string of the molecule is C=CC(=O)NCCCCOc1ccc(/N=N/c2ccccc2)cc1. The molecule has 0 aliphatic carbocycles. The van der Waals surface area contributed by atoms with Gasteiger partial charge in [-0.05, 0) is 55.3 Å². The number of benzene rings is 2. The molecule has 0 heterocycles. The van der Waals surface area contributed by atoms with Gasteiger partial charge < -0.3 is 10.1 Å². The lowest BCUT2D eigenvalue weighted by Gasteiger charge is -2.06. The molecule has 2 aromatic carbocycles. The minimum Gasteiger partial charge on any atom is -0.494 e. The number of amides is 1. The third-order valence-corrected chi connectivity index (χ3v) is 3.20. The minimum atomic E-state index is -0.142. The van der Waals surface area contributed by atoms with E-state index in [-0.39, 0.29) is 5.91 Å². The average molecular weight is 323 g/mol. The number of hydrogen-bond donors (Lipinski definition) is 1.